The van der Waals surface area contributed by atoms with Crippen LogP contribution in [0.1, 0.15) is 36.4 Å². The van der Waals surface area contributed by atoms with Crippen LogP contribution in [0.5, 0.6) is 0 Å². The van der Waals surface area contributed by atoms with E-state index in [9.17, 15) is 0 Å². The Morgan fingerprint density at radius 1 is 0.750 bits per heavy atom. The second kappa shape index (κ2) is 7.89. The molecule has 4 rings (SSSR count). The van der Waals surface area contributed by atoms with Gasteiger partial charge in [0.15, 0.2) is 0 Å². The smallest absolute Gasteiger partial charge is 0.265 e. The van der Waals surface area contributed by atoms with E-state index in [1.165, 1.54) is 11.1 Å². The summed E-state index contributed by atoms with van der Waals surface area (Å²) in [4.78, 5) is 0. The van der Waals surface area contributed by atoms with Crippen LogP contribution in [0.3, 0.4) is 0 Å². The minimum atomic E-state index is -0.315. The largest absolute Gasteiger partial charge is 2.00 e. The molecular weight excluding hydrogens is 527 g/mol. The molecule has 0 unspecified atom stereocenters. The summed E-state index contributed by atoms with van der Waals surface area (Å²) < 4.78 is 3.74. The van der Waals surface area contributed by atoms with Gasteiger partial charge in [0.2, 0.25) is 0 Å². The van der Waals surface area contributed by atoms with E-state index < -0.39 is 0 Å². The van der Waals surface area contributed by atoms with Gasteiger partial charge >= 0.3 is 21.1 Å². The molecule has 0 atom stereocenters. The molecule has 0 amide bonds. The third kappa shape index (κ3) is 3.88. The summed E-state index contributed by atoms with van der Waals surface area (Å²) in [5.74, 6) is 0. The van der Waals surface area contributed by atoms with Crippen molar-refractivity contribution in [2.45, 2.75) is 33.1 Å². The van der Waals surface area contributed by atoms with Gasteiger partial charge in [0, 0.05) is 12.4 Å². The quantitative estimate of drug-likeness (QED) is 0.349. The number of rotatable bonds is 4. The third-order valence-electron chi connectivity index (χ3n) is 4.84. The molecular formula is C23H22N4Pt. The minimum Gasteiger partial charge on any atom is -0.265 e. The van der Waals surface area contributed by atoms with Crippen LogP contribution in [-0.2, 0) is 26.5 Å². The molecule has 144 valence electrons. The summed E-state index contributed by atoms with van der Waals surface area (Å²) in [6, 6.07) is 22.6. The summed E-state index contributed by atoms with van der Waals surface area (Å²) in [6.45, 7) is 8.43. The van der Waals surface area contributed by atoms with Crippen LogP contribution in [0, 0.1) is 26.0 Å². The predicted molar refractivity (Wildman–Crippen MR) is 106 cm³/mol. The Morgan fingerprint density at radius 2 is 1.18 bits per heavy atom. The fourth-order valence-corrected chi connectivity index (χ4v) is 3.11. The van der Waals surface area contributed by atoms with Crippen LogP contribution in [-0.4, -0.2) is 19.6 Å². The topological polar surface area (TPSA) is 35.6 Å². The van der Waals surface area contributed by atoms with E-state index in [4.69, 9.17) is 10.2 Å². The van der Waals surface area contributed by atoms with Gasteiger partial charge in [-0.25, -0.2) is 0 Å². The van der Waals surface area contributed by atoms with Gasteiger partial charge in [0.1, 0.15) is 0 Å². The van der Waals surface area contributed by atoms with Crippen molar-refractivity contribution >= 4 is 0 Å². The van der Waals surface area contributed by atoms with E-state index in [0.717, 1.165) is 22.8 Å². The first-order chi connectivity index (χ1) is 12.9. The number of aryl methyl sites for hydroxylation is 2. The summed E-state index contributed by atoms with van der Waals surface area (Å²) in [5, 5.41) is 9.59. The molecule has 0 saturated carbocycles. The summed E-state index contributed by atoms with van der Waals surface area (Å²) in [6.07, 6.45) is 3.96. The molecule has 2 heterocycles. The van der Waals surface area contributed by atoms with Crippen LogP contribution in [0.4, 0.5) is 0 Å². The van der Waals surface area contributed by atoms with Crippen LogP contribution >= 0.6 is 0 Å². The molecule has 28 heavy (non-hydrogen) atoms. The second-order valence-electron chi connectivity index (χ2n) is 7.42. The van der Waals surface area contributed by atoms with Crippen LogP contribution < -0.4 is 0 Å². The van der Waals surface area contributed by atoms with Crippen molar-refractivity contribution in [2.75, 3.05) is 0 Å². The van der Waals surface area contributed by atoms with Crippen molar-refractivity contribution in [1.82, 2.24) is 19.6 Å². The SMILES string of the molecule is Cc1cc[c-]c(-n2ccc(C(C)(C)c3ccn(-c4[c-]ccc(C)c4)n3)n2)c1.[Pt+2]. The fourth-order valence-electron chi connectivity index (χ4n) is 3.11. The van der Waals surface area contributed by atoms with E-state index in [1.54, 1.807) is 0 Å². The van der Waals surface area contributed by atoms with E-state index >= 15 is 0 Å². The second-order valence-corrected chi connectivity index (χ2v) is 7.42. The number of nitrogens with zero attached hydrogens (tertiary/aromatic N) is 4. The van der Waals surface area contributed by atoms with Gasteiger partial charge in [-0.05, 0) is 37.4 Å². The average Bonchev–Trinajstić information content (AvgIpc) is 3.32. The fraction of sp³-hybridized carbons (Fsp3) is 0.217. The summed E-state index contributed by atoms with van der Waals surface area (Å²) in [5.41, 5.74) is 5.88. The van der Waals surface area contributed by atoms with Crippen molar-refractivity contribution in [3.63, 3.8) is 0 Å². The Hall–Kier alpha value is -2.45. The predicted octanol–water partition coefficient (Wildman–Crippen LogP) is 4.60. The zero-order valence-electron chi connectivity index (χ0n) is 16.4. The van der Waals surface area contributed by atoms with E-state index in [0.29, 0.717) is 0 Å². The van der Waals surface area contributed by atoms with Crippen molar-refractivity contribution in [3.8, 4) is 11.4 Å². The average molecular weight is 550 g/mol. The number of hydrogen-bond donors (Lipinski definition) is 0. The first-order valence-electron chi connectivity index (χ1n) is 9.03. The molecule has 4 aromatic rings. The number of aromatic nitrogens is 4. The van der Waals surface area contributed by atoms with Gasteiger partial charge in [-0.15, -0.1) is 12.1 Å². The maximum absolute atomic E-state index is 4.79. The van der Waals surface area contributed by atoms with E-state index in [-0.39, 0.29) is 26.5 Å². The minimum absolute atomic E-state index is 0. The molecule has 4 nitrogen and oxygen atoms in total. The molecule has 0 aliphatic heterocycles. The molecule has 0 N–H and O–H groups in total. The third-order valence-corrected chi connectivity index (χ3v) is 4.84. The molecule has 2 aromatic heterocycles. The van der Waals surface area contributed by atoms with Gasteiger partial charge in [-0.1, -0.05) is 13.8 Å². The zero-order valence-corrected chi connectivity index (χ0v) is 18.7. The number of benzene rings is 2. The van der Waals surface area contributed by atoms with Gasteiger partial charge in [0.05, 0.1) is 16.8 Å². The van der Waals surface area contributed by atoms with Gasteiger partial charge in [0.25, 0.3) is 0 Å². The Balaban J connectivity index is 0.00000225. The maximum Gasteiger partial charge on any atom is 2.00 e. The van der Waals surface area contributed by atoms with Gasteiger partial charge < -0.3 is 0 Å². The summed E-state index contributed by atoms with van der Waals surface area (Å²) in [7, 11) is 0. The molecule has 0 radical (unpaired) electrons. The normalized spacial score (nSPS) is 11.3. The molecule has 0 saturated heterocycles. The summed E-state index contributed by atoms with van der Waals surface area (Å²) >= 11 is 0. The van der Waals surface area contributed by atoms with Crippen molar-refractivity contribution in [2.24, 2.45) is 0 Å². The first kappa shape index (κ1) is 20.3. The molecule has 0 spiro atoms. The molecule has 5 heteroatoms. The Bertz CT molecular complexity index is 1010. The van der Waals surface area contributed by atoms with E-state index in [1.807, 2.05) is 58.2 Å². The Labute approximate surface area is 180 Å². The van der Waals surface area contributed by atoms with Crippen LogP contribution in [0.25, 0.3) is 11.4 Å². The molecule has 0 aliphatic rings. The monoisotopic (exact) mass is 549 g/mol. The number of hydrogen-bond acceptors (Lipinski definition) is 2. The zero-order chi connectivity index (χ0) is 19.0. The molecule has 0 aliphatic carbocycles. The standard InChI is InChI=1S/C23H22N4.Pt/c1-17-7-5-9-19(15-17)26-13-11-21(24-26)23(3,4)22-12-14-27(25-22)20-10-6-8-18(2)16-20;/h5-8,11-16H,1-4H3;/q-2;+2. The maximum atomic E-state index is 4.79. The molecule has 2 aromatic carbocycles. The van der Waals surface area contributed by atoms with Crippen molar-refractivity contribution in [3.05, 3.63) is 95.6 Å². The Morgan fingerprint density at radius 3 is 1.57 bits per heavy atom. The van der Waals surface area contributed by atoms with E-state index in [2.05, 4.69) is 52.0 Å². The van der Waals surface area contributed by atoms with Crippen molar-refractivity contribution in [1.29, 1.82) is 0 Å². The van der Waals surface area contributed by atoms with Gasteiger partial charge in [-0.3, -0.25) is 9.36 Å². The van der Waals surface area contributed by atoms with Crippen molar-refractivity contribution < 1.29 is 21.1 Å². The van der Waals surface area contributed by atoms with Crippen LogP contribution in [0.2, 0.25) is 0 Å². The van der Waals surface area contributed by atoms with Crippen LogP contribution in [0.15, 0.2) is 60.9 Å². The first-order valence-corrected chi connectivity index (χ1v) is 9.03. The Kier molecular flexibility index (Phi) is 5.71. The molecule has 0 bridgehead atoms. The molecule has 0 fully saturated rings. The van der Waals surface area contributed by atoms with Gasteiger partial charge in [-0.2, -0.15) is 57.7 Å².